The van der Waals surface area contributed by atoms with Gasteiger partial charge in [0.15, 0.2) is 5.02 Å². The van der Waals surface area contributed by atoms with E-state index in [0.29, 0.717) is 21.7 Å². The highest BCUT2D eigenvalue weighted by molar-refractivity contribution is 6.35. The van der Waals surface area contributed by atoms with Gasteiger partial charge in [0.2, 0.25) is 0 Å². The summed E-state index contributed by atoms with van der Waals surface area (Å²) in [4.78, 5) is 11.8. The molecule has 0 radical (unpaired) electrons. The lowest BCUT2D eigenvalue weighted by molar-refractivity contribution is 0.562. The molecule has 0 atom stereocenters. The van der Waals surface area contributed by atoms with Crippen LogP contribution in [-0.4, -0.2) is 0 Å². The first-order valence-corrected chi connectivity index (χ1v) is 6.64. The molecule has 20 heavy (non-hydrogen) atoms. The second-order valence-electron chi connectivity index (χ2n) is 4.21. The van der Waals surface area contributed by atoms with Gasteiger partial charge in [0.25, 0.3) is 0 Å². The van der Waals surface area contributed by atoms with Gasteiger partial charge in [0, 0.05) is 16.1 Å². The van der Waals surface area contributed by atoms with Crippen molar-refractivity contribution in [1.29, 1.82) is 0 Å². The van der Waals surface area contributed by atoms with Crippen molar-refractivity contribution in [2.75, 3.05) is 5.32 Å². The predicted molar refractivity (Wildman–Crippen MR) is 82.2 cm³/mol. The third kappa shape index (κ3) is 2.38. The summed E-state index contributed by atoms with van der Waals surface area (Å²) in [6.07, 6.45) is 0. The van der Waals surface area contributed by atoms with Crippen LogP contribution in [0.5, 0.6) is 0 Å². The van der Waals surface area contributed by atoms with E-state index < -0.39 is 5.63 Å². The van der Waals surface area contributed by atoms with E-state index in [2.05, 4.69) is 5.32 Å². The van der Waals surface area contributed by atoms with Crippen molar-refractivity contribution in [2.45, 2.75) is 0 Å². The number of hydrogen-bond donors (Lipinski definition) is 1. The molecule has 0 fully saturated rings. The van der Waals surface area contributed by atoms with E-state index in [1.807, 2.05) is 30.3 Å². The molecule has 0 aliphatic carbocycles. The Kier molecular flexibility index (Phi) is 3.38. The smallest absolute Gasteiger partial charge is 0.357 e. The standard InChI is InChI=1S/C15H9Cl2NO2/c16-9-6-7-12-11(8-9)14(13(17)15(19)20-12)18-10-4-2-1-3-5-10/h1-8,18H. The molecule has 1 heterocycles. The summed E-state index contributed by atoms with van der Waals surface area (Å²) >= 11 is 12.1. The number of hydrogen-bond acceptors (Lipinski definition) is 3. The maximum atomic E-state index is 11.8. The minimum absolute atomic E-state index is 0.00335. The van der Waals surface area contributed by atoms with Gasteiger partial charge < -0.3 is 9.73 Å². The van der Waals surface area contributed by atoms with E-state index in [-0.39, 0.29) is 5.02 Å². The van der Waals surface area contributed by atoms with Gasteiger partial charge >= 0.3 is 5.63 Å². The molecule has 0 aliphatic rings. The molecule has 0 saturated heterocycles. The van der Waals surface area contributed by atoms with E-state index >= 15 is 0 Å². The number of fused-ring (bicyclic) bond motifs is 1. The van der Waals surface area contributed by atoms with Crippen molar-refractivity contribution in [2.24, 2.45) is 0 Å². The number of anilines is 2. The van der Waals surface area contributed by atoms with Crippen LogP contribution in [0.4, 0.5) is 11.4 Å². The van der Waals surface area contributed by atoms with E-state index in [9.17, 15) is 4.79 Å². The molecule has 100 valence electrons. The Labute approximate surface area is 124 Å². The molecule has 1 N–H and O–H groups in total. The molecule has 5 heteroatoms. The van der Waals surface area contributed by atoms with Crippen LogP contribution in [0.25, 0.3) is 11.0 Å². The lowest BCUT2D eigenvalue weighted by Crippen LogP contribution is -2.04. The molecule has 0 unspecified atom stereocenters. The fraction of sp³-hybridized carbons (Fsp3) is 0. The SMILES string of the molecule is O=c1oc2ccc(Cl)cc2c(Nc2ccccc2)c1Cl. The number of para-hydroxylation sites is 1. The first-order chi connectivity index (χ1) is 9.65. The monoisotopic (exact) mass is 305 g/mol. The summed E-state index contributed by atoms with van der Waals surface area (Å²) in [6, 6.07) is 14.4. The summed E-state index contributed by atoms with van der Waals surface area (Å²) in [5.74, 6) is 0. The summed E-state index contributed by atoms with van der Waals surface area (Å²) in [5, 5.41) is 4.33. The minimum atomic E-state index is -0.583. The summed E-state index contributed by atoms with van der Waals surface area (Å²) in [7, 11) is 0. The van der Waals surface area contributed by atoms with Gasteiger partial charge in [0.05, 0.1) is 5.69 Å². The lowest BCUT2D eigenvalue weighted by Gasteiger charge is -2.10. The average molecular weight is 306 g/mol. The maximum absolute atomic E-state index is 11.8. The molecule has 3 rings (SSSR count). The topological polar surface area (TPSA) is 42.2 Å². The highest BCUT2D eigenvalue weighted by atomic mass is 35.5. The van der Waals surface area contributed by atoms with Crippen LogP contribution in [0, 0.1) is 0 Å². The molecule has 0 spiro atoms. The van der Waals surface area contributed by atoms with Crippen molar-refractivity contribution in [1.82, 2.24) is 0 Å². The quantitative estimate of drug-likeness (QED) is 0.689. The molecule has 3 aromatic rings. The zero-order chi connectivity index (χ0) is 14.1. The zero-order valence-electron chi connectivity index (χ0n) is 10.2. The van der Waals surface area contributed by atoms with E-state index in [1.165, 1.54) is 0 Å². The second kappa shape index (κ2) is 5.19. The molecular formula is C15H9Cl2NO2. The third-order valence-corrected chi connectivity index (χ3v) is 3.43. The Morgan fingerprint density at radius 3 is 2.50 bits per heavy atom. The third-order valence-electron chi connectivity index (χ3n) is 2.86. The average Bonchev–Trinajstić information content (AvgIpc) is 2.46. The van der Waals surface area contributed by atoms with E-state index in [4.69, 9.17) is 27.6 Å². The normalized spacial score (nSPS) is 10.7. The van der Waals surface area contributed by atoms with Crippen LogP contribution >= 0.6 is 23.2 Å². The largest absolute Gasteiger partial charge is 0.422 e. The van der Waals surface area contributed by atoms with Crippen LogP contribution in [0.3, 0.4) is 0 Å². The van der Waals surface area contributed by atoms with Crippen molar-refractivity contribution in [3.05, 3.63) is 69.0 Å². The number of halogens is 2. The van der Waals surface area contributed by atoms with Gasteiger partial charge in [-0.1, -0.05) is 41.4 Å². The van der Waals surface area contributed by atoms with Crippen molar-refractivity contribution in [3.63, 3.8) is 0 Å². The predicted octanol–water partition coefficient (Wildman–Crippen LogP) is 4.84. The van der Waals surface area contributed by atoms with Gasteiger partial charge in [-0.2, -0.15) is 0 Å². The Bertz CT molecular complexity index is 828. The van der Waals surface area contributed by atoms with Crippen molar-refractivity contribution < 1.29 is 4.42 Å². The highest BCUT2D eigenvalue weighted by Gasteiger charge is 2.13. The molecule has 0 amide bonds. The van der Waals surface area contributed by atoms with Crippen LogP contribution in [0.15, 0.2) is 57.7 Å². The Balaban J connectivity index is 2.24. The van der Waals surface area contributed by atoms with Crippen LogP contribution in [0.1, 0.15) is 0 Å². The van der Waals surface area contributed by atoms with Gasteiger partial charge in [0.1, 0.15) is 5.58 Å². The Hall–Kier alpha value is -1.97. The van der Waals surface area contributed by atoms with E-state index in [0.717, 1.165) is 5.69 Å². The van der Waals surface area contributed by atoms with Crippen LogP contribution in [0.2, 0.25) is 10.0 Å². The van der Waals surface area contributed by atoms with Crippen LogP contribution < -0.4 is 10.9 Å². The van der Waals surface area contributed by atoms with Gasteiger partial charge in [-0.25, -0.2) is 4.79 Å². The maximum Gasteiger partial charge on any atom is 0.357 e. The lowest BCUT2D eigenvalue weighted by atomic mass is 10.2. The van der Waals surface area contributed by atoms with Crippen LogP contribution in [-0.2, 0) is 0 Å². The molecule has 0 saturated carbocycles. The second-order valence-corrected chi connectivity index (χ2v) is 5.02. The molecule has 0 aliphatic heterocycles. The highest BCUT2D eigenvalue weighted by Crippen LogP contribution is 2.32. The molecule has 3 nitrogen and oxygen atoms in total. The van der Waals surface area contributed by atoms with Crippen molar-refractivity contribution in [3.8, 4) is 0 Å². The molecule has 2 aromatic carbocycles. The van der Waals surface area contributed by atoms with Gasteiger partial charge in [-0.15, -0.1) is 0 Å². The Morgan fingerprint density at radius 2 is 1.75 bits per heavy atom. The fourth-order valence-electron chi connectivity index (χ4n) is 1.94. The summed E-state index contributed by atoms with van der Waals surface area (Å²) < 4.78 is 5.14. The minimum Gasteiger partial charge on any atom is -0.422 e. The molecular weight excluding hydrogens is 297 g/mol. The Morgan fingerprint density at radius 1 is 1.00 bits per heavy atom. The van der Waals surface area contributed by atoms with Crippen molar-refractivity contribution >= 4 is 45.5 Å². The molecule has 0 bridgehead atoms. The first-order valence-electron chi connectivity index (χ1n) is 5.89. The summed E-state index contributed by atoms with van der Waals surface area (Å²) in [5.41, 5.74) is 1.16. The number of nitrogens with one attached hydrogen (secondary N) is 1. The number of rotatable bonds is 2. The van der Waals surface area contributed by atoms with Gasteiger partial charge in [-0.05, 0) is 30.3 Å². The van der Waals surface area contributed by atoms with E-state index in [1.54, 1.807) is 18.2 Å². The summed E-state index contributed by atoms with van der Waals surface area (Å²) in [6.45, 7) is 0. The zero-order valence-corrected chi connectivity index (χ0v) is 11.7. The fourth-order valence-corrected chi connectivity index (χ4v) is 2.30. The molecule has 1 aromatic heterocycles. The first kappa shape index (κ1) is 13.0. The number of benzene rings is 2. The van der Waals surface area contributed by atoms with Gasteiger partial charge in [-0.3, -0.25) is 0 Å².